The Bertz CT molecular complexity index is 925. The van der Waals surface area contributed by atoms with Gasteiger partial charge in [0.2, 0.25) is 0 Å². The van der Waals surface area contributed by atoms with Crippen LogP contribution in [0.5, 0.6) is 0 Å². The number of unbranched alkanes of at least 4 members (excludes halogenated alkanes) is 1. The molecule has 0 spiro atoms. The van der Waals surface area contributed by atoms with Gasteiger partial charge in [0.05, 0.1) is 6.33 Å². The molecule has 9 heteroatoms. The van der Waals surface area contributed by atoms with E-state index in [0.29, 0.717) is 12.2 Å². The summed E-state index contributed by atoms with van der Waals surface area (Å²) in [6.07, 6.45) is 5.13. The van der Waals surface area contributed by atoms with Crippen LogP contribution in [0.1, 0.15) is 12.8 Å². The van der Waals surface area contributed by atoms with Crippen molar-refractivity contribution in [1.82, 2.24) is 30.2 Å². The first-order valence-electron chi connectivity index (χ1n) is 9.91. The molecular formula is C20H25N7OS. The number of carbonyl (C=O) groups excluding carboxylic acids is 1. The van der Waals surface area contributed by atoms with Gasteiger partial charge >= 0.3 is 6.03 Å². The maximum atomic E-state index is 12.4. The maximum Gasteiger partial charge on any atom is 0.317 e. The van der Waals surface area contributed by atoms with Gasteiger partial charge in [0, 0.05) is 38.4 Å². The molecular weight excluding hydrogens is 386 g/mol. The van der Waals surface area contributed by atoms with E-state index in [1.165, 1.54) is 5.69 Å². The third-order valence-electron chi connectivity index (χ3n) is 4.96. The molecule has 8 nitrogen and oxygen atoms in total. The Hall–Kier alpha value is -2.81. The van der Waals surface area contributed by atoms with E-state index >= 15 is 0 Å². The van der Waals surface area contributed by atoms with Crippen molar-refractivity contribution in [3.8, 4) is 0 Å². The fourth-order valence-corrected chi connectivity index (χ4v) is 4.32. The number of aromatic nitrogens is 4. The molecule has 1 fully saturated rings. The summed E-state index contributed by atoms with van der Waals surface area (Å²) in [6, 6.07) is 10.4. The molecule has 3 heterocycles. The van der Waals surface area contributed by atoms with Crippen molar-refractivity contribution >= 4 is 34.6 Å². The predicted molar refractivity (Wildman–Crippen MR) is 115 cm³/mol. The van der Waals surface area contributed by atoms with E-state index in [9.17, 15) is 4.79 Å². The zero-order valence-electron chi connectivity index (χ0n) is 16.3. The maximum absolute atomic E-state index is 12.4. The van der Waals surface area contributed by atoms with Crippen molar-refractivity contribution in [3.05, 3.63) is 43.0 Å². The average molecular weight is 412 g/mol. The standard InChI is InChI=1S/C20H25N7OS/c28-20(27-11-9-26(10-12-27)16-6-2-1-3-7-16)21-8-4-5-13-29-19-17-18(23-14-22-17)24-15-25-19/h1-3,6-7,14-15H,4-5,8-13H2,(H,21,28)(H,22,23,24,25). The number of nitrogens with one attached hydrogen (secondary N) is 2. The lowest BCUT2D eigenvalue weighted by molar-refractivity contribution is 0.194. The van der Waals surface area contributed by atoms with Gasteiger partial charge in [-0.2, -0.15) is 0 Å². The Labute approximate surface area is 174 Å². The third kappa shape index (κ3) is 4.97. The summed E-state index contributed by atoms with van der Waals surface area (Å²) in [6.45, 7) is 3.95. The zero-order chi connectivity index (χ0) is 19.9. The number of carbonyl (C=O) groups is 1. The molecule has 3 aromatic rings. The number of urea groups is 1. The number of H-pyrrole nitrogens is 1. The van der Waals surface area contributed by atoms with Gasteiger partial charge in [-0.05, 0) is 30.7 Å². The summed E-state index contributed by atoms with van der Waals surface area (Å²) in [4.78, 5) is 32.3. The van der Waals surface area contributed by atoms with Gasteiger partial charge in [-0.25, -0.2) is 19.7 Å². The monoisotopic (exact) mass is 411 g/mol. The van der Waals surface area contributed by atoms with Crippen LogP contribution in [0.15, 0.2) is 48.0 Å². The van der Waals surface area contributed by atoms with Crippen molar-refractivity contribution in [2.75, 3.05) is 43.4 Å². The van der Waals surface area contributed by atoms with Gasteiger partial charge in [0.25, 0.3) is 0 Å². The molecule has 2 N–H and O–H groups in total. The Morgan fingerprint density at radius 1 is 1.07 bits per heavy atom. The van der Waals surface area contributed by atoms with Crippen molar-refractivity contribution < 1.29 is 4.79 Å². The van der Waals surface area contributed by atoms with Crippen molar-refractivity contribution in [3.63, 3.8) is 0 Å². The molecule has 0 saturated carbocycles. The third-order valence-corrected chi connectivity index (χ3v) is 6.04. The van der Waals surface area contributed by atoms with Crippen LogP contribution in [0.2, 0.25) is 0 Å². The number of benzene rings is 1. The van der Waals surface area contributed by atoms with Crippen LogP contribution in [0.4, 0.5) is 10.5 Å². The van der Waals surface area contributed by atoms with Crippen LogP contribution in [0, 0.1) is 0 Å². The molecule has 2 amide bonds. The molecule has 1 saturated heterocycles. The van der Waals surface area contributed by atoms with Crippen molar-refractivity contribution in [2.45, 2.75) is 17.9 Å². The second-order valence-electron chi connectivity index (χ2n) is 6.88. The predicted octanol–water partition coefficient (Wildman–Crippen LogP) is 2.76. The fraction of sp³-hybridized carbons (Fsp3) is 0.400. The number of rotatable bonds is 7. The van der Waals surface area contributed by atoms with E-state index in [2.05, 4.69) is 54.4 Å². The number of nitrogens with zero attached hydrogens (tertiary/aromatic N) is 5. The SMILES string of the molecule is O=C(NCCCCSc1ncnc2nc[nH]c12)N1CCN(c2ccccc2)CC1. The average Bonchev–Trinajstić information content (AvgIpc) is 3.26. The minimum atomic E-state index is 0.0420. The van der Waals surface area contributed by atoms with E-state index in [1.807, 2.05) is 11.0 Å². The smallest absolute Gasteiger partial charge is 0.317 e. The van der Waals surface area contributed by atoms with E-state index in [4.69, 9.17) is 0 Å². The lowest BCUT2D eigenvalue weighted by atomic mass is 10.2. The molecule has 1 aromatic carbocycles. The lowest BCUT2D eigenvalue weighted by Gasteiger charge is -2.36. The molecule has 4 rings (SSSR count). The van der Waals surface area contributed by atoms with Crippen LogP contribution in [-0.4, -0.2) is 69.3 Å². The first-order chi connectivity index (χ1) is 14.3. The van der Waals surface area contributed by atoms with Gasteiger partial charge in [0.15, 0.2) is 5.65 Å². The Morgan fingerprint density at radius 2 is 1.90 bits per heavy atom. The molecule has 0 unspecified atom stereocenters. The number of hydrogen-bond donors (Lipinski definition) is 2. The highest BCUT2D eigenvalue weighted by molar-refractivity contribution is 7.99. The molecule has 0 atom stereocenters. The van der Waals surface area contributed by atoms with Crippen LogP contribution in [0.25, 0.3) is 11.2 Å². The van der Waals surface area contributed by atoms with E-state index < -0.39 is 0 Å². The number of piperazine rings is 1. The number of aromatic amines is 1. The number of anilines is 1. The second kappa shape index (κ2) is 9.60. The molecule has 152 valence electrons. The van der Waals surface area contributed by atoms with Crippen molar-refractivity contribution in [2.24, 2.45) is 0 Å². The number of para-hydroxylation sites is 1. The first kappa shape index (κ1) is 19.5. The summed E-state index contributed by atoms with van der Waals surface area (Å²) in [5.74, 6) is 0.941. The molecule has 0 radical (unpaired) electrons. The van der Waals surface area contributed by atoms with Gasteiger partial charge in [-0.1, -0.05) is 18.2 Å². The van der Waals surface area contributed by atoms with Gasteiger partial charge in [0.1, 0.15) is 16.9 Å². The second-order valence-corrected chi connectivity index (χ2v) is 7.96. The molecule has 0 bridgehead atoms. The number of fused-ring (bicyclic) bond motifs is 1. The number of thioether (sulfide) groups is 1. The van der Waals surface area contributed by atoms with Gasteiger partial charge in [-0.3, -0.25) is 0 Å². The Kier molecular flexibility index (Phi) is 6.45. The number of imidazole rings is 1. The van der Waals surface area contributed by atoms with E-state index in [-0.39, 0.29) is 6.03 Å². The molecule has 2 aromatic heterocycles. The van der Waals surface area contributed by atoms with Gasteiger partial charge < -0.3 is 20.1 Å². The zero-order valence-corrected chi connectivity index (χ0v) is 17.1. The first-order valence-corrected chi connectivity index (χ1v) is 10.9. The highest BCUT2D eigenvalue weighted by atomic mass is 32.2. The normalized spacial score (nSPS) is 14.3. The lowest BCUT2D eigenvalue weighted by Crippen LogP contribution is -2.52. The van der Waals surface area contributed by atoms with Crippen LogP contribution in [0.3, 0.4) is 0 Å². The van der Waals surface area contributed by atoms with Crippen LogP contribution >= 0.6 is 11.8 Å². The summed E-state index contributed by atoms with van der Waals surface area (Å²) >= 11 is 1.69. The number of hydrogen-bond acceptors (Lipinski definition) is 6. The summed E-state index contributed by atoms with van der Waals surface area (Å²) in [7, 11) is 0. The summed E-state index contributed by atoms with van der Waals surface area (Å²) in [5, 5.41) is 3.97. The van der Waals surface area contributed by atoms with E-state index in [0.717, 1.165) is 55.3 Å². The highest BCUT2D eigenvalue weighted by Crippen LogP contribution is 2.22. The molecule has 0 aliphatic carbocycles. The Balaban J connectivity index is 1.12. The van der Waals surface area contributed by atoms with Crippen LogP contribution < -0.4 is 10.2 Å². The Morgan fingerprint density at radius 3 is 2.72 bits per heavy atom. The summed E-state index contributed by atoms with van der Waals surface area (Å²) in [5.41, 5.74) is 2.81. The largest absolute Gasteiger partial charge is 0.368 e. The van der Waals surface area contributed by atoms with Gasteiger partial charge in [-0.15, -0.1) is 11.8 Å². The minimum absolute atomic E-state index is 0.0420. The minimum Gasteiger partial charge on any atom is -0.368 e. The van der Waals surface area contributed by atoms with E-state index in [1.54, 1.807) is 24.4 Å². The molecule has 1 aliphatic rings. The highest BCUT2D eigenvalue weighted by Gasteiger charge is 2.20. The molecule has 29 heavy (non-hydrogen) atoms. The molecule has 1 aliphatic heterocycles. The topological polar surface area (TPSA) is 90.0 Å². The van der Waals surface area contributed by atoms with Crippen LogP contribution in [-0.2, 0) is 0 Å². The van der Waals surface area contributed by atoms with Crippen molar-refractivity contribution in [1.29, 1.82) is 0 Å². The quantitative estimate of drug-likeness (QED) is 0.353. The fourth-order valence-electron chi connectivity index (χ4n) is 3.36. The number of amides is 2. The summed E-state index contributed by atoms with van der Waals surface area (Å²) < 4.78 is 0.